The van der Waals surface area contributed by atoms with Crippen molar-refractivity contribution in [3.63, 3.8) is 0 Å². The van der Waals surface area contributed by atoms with Gasteiger partial charge in [0.05, 0.1) is 21.6 Å². The summed E-state index contributed by atoms with van der Waals surface area (Å²) in [7, 11) is 0. The maximum absolute atomic E-state index is 13.4. The third-order valence-electron chi connectivity index (χ3n) is 4.78. The summed E-state index contributed by atoms with van der Waals surface area (Å²) < 4.78 is 52.1. The van der Waals surface area contributed by atoms with Gasteiger partial charge in [-0.05, 0) is 45.0 Å². The number of carbonyl (C=O) groups excluding carboxylic acids is 2. The summed E-state index contributed by atoms with van der Waals surface area (Å²) in [5.41, 5.74) is -1.10. The Kier molecular flexibility index (Phi) is 7.22. The molecule has 4 aromatic rings. The molecule has 0 aliphatic carbocycles. The Bertz CT molecular complexity index is 1520. The SMILES string of the molecule is CC(=O)Nc1nc2c(Oc3cc(-c4ccc(C(F)(F)F)cc4NC(=O)OC(C)(C)C)ncn3)cccc2s1. The minimum absolute atomic E-state index is 0.0830. The van der Waals surface area contributed by atoms with Crippen LogP contribution in [0.5, 0.6) is 11.6 Å². The molecule has 0 radical (unpaired) electrons. The van der Waals surface area contributed by atoms with Gasteiger partial charge in [-0.15, -0.1) is 0 Å². The third kappa shape index (κ3) is 6.54. The molecule has 2 N–H and O–H groups in total. The number of fused-ring (bicyclic) bond motifs is 1. The Morgan fingerprint density at radius 3 is 2.45 bits per heavy atom. The second-order valence-corrected chi connectivity index (χ2v) is 10.1. The summed E-state index contributed by atoms with van der Waals surface area (Å²) in [4.78, 5) is 36.4. The number of halogens is 3. The average molecular weight is 546 g/mol. The highest BCUT2D eigenvalue weighted by atomic mass is 32.1. The number of hydrogen-bond acceptors (Lipinski definition) is 8. The van der Waals surface area contributed by atoms with E-state index in [9.17, 15) is 22.8 Å². The van der Waals surface area contributed by atoms with Crippen molar-refractivity contribution in [2.75, 3.05) is 10.6 Å². The number of rotatable bonds is 5. The molecule has 2 heterocycles. The largest absolute Gasteiger partial charge is 0.444 e. The number of amides is 2. The van der Waals surface area contributed by atoms with E-state index in [1.807, 2.05) is 6.07 Å². The lowest BCUT2D eigenvalue weighted by Crippen LogP contribution is -2.27. The molecule has 0 spiro atoms. The average Bonchev–Trinajstić information content (AvgIpc) is 3.20. The van der Waals surface area contributed by atoms with Gasteiger partial charge in [0.15, 0.2) is 10.9 Å². The maximum atomic E-state index is 13.4. The predicted octanol–water partition coefficient (Wildman–Crippen LogP) is 6.87. The van der Waals surface area contributed by atoms with E-state index >= 15 is 0 Å². The van der Waals surface area contributed by atoms with E-state index < -0.39 is 23.4 Å². The second-order valence-electron chi connectivity index (χ2n) is 9.03. The van der Waals surface area contributed by atoms with Gasteiger partial charge in [-0.1, -0.05) is 23.5 Å². The predicted molar refractivity (Wildman–Crippen MR) is 136 cm³/mol. The third-order valence-corrected chi connectivity index (χ3v) is 5.72. The molecule has 0 fully saturated rings. The van der Waals surface area contributed by atoms with Gasteiger partial charge in [0.25, 0.3) is 0 Å². The number of aromatic nitrogens is 3. The molecule has 2 amide bonds. The van der Waals surface area contributed by atoms with Crippen molar-refractivity contribution in [3.05, 3.63) is 54.4 Å². The molecule has 198 valence electrons. The number of benzene rings is 2. The van der Waals surface area contributed by atoms with Crippen LogP contribution in [0.1, 0.15) is 33.3 Å². The highest BCUT2D eigenvalue weighted by Gasteiger charge is 2.32. The molecule has 0 aliphatic rings. The summed E-state index contributed by atoms with van der Waals surface area (Å²) in [6, 6.07) is 9.53. The van der Waals surface area contributed by atoms with E-state index in [0.717, 1.165) is 16.8 Å². The van der Waals surface area contributed by atoms with E-state index in [2.05, 4.69) is 25.6 Å². The number of hydrogen-bond donors (Lipinski definition) is 2. The summed E-state index contributed by atoms with van der Waals surface area (Å²) in [6.45, 7) is 6.28. The molecular formula is C25H22F3N5O4S. The maximum Gasteiger partial charge on any atom is 0.416 e. The van der Waals surface area contributed by atoms with Crippen LogP contribution in [0.25, 0.3) is 21.5 Å². The lowest BCUT2D eigenvalue weighted by Gasteiger charge is -2.21. The van der Waals surface area contributed by atoms with Crippen LogP contribution in [-0.2, 0) is 15.7 Å². The van der Waals surface area contributed by atoms with Gasteiger partial charge in [0.2, 0.25) is 11.8 Å². The minimum Gasteiger partial charge on any atom is -0.444 e. The topological polar surface area (TPSA) is 115 Å². The van der Waals surface area contributed by atoms with Crippen molar-refractivity contribution in [1.82, 2.24) is 15.0 Å². The zero-order valence-electron chi connectivity index (χ0n) is 20.6. The first kappa shape index (κ1) is 26.8. The highest BCUT2D eigenvalue weighted by molar-refractivity contribution is 7.22. The Morgan fingerprint density at radius 1 is 1.00 bits per heavy atom. The van der Waals surface area contributed by atoms with Crippen LogP contribution in [0, 0.1) is 0 Å². The Hall–Kier alpha value is -4.26. The molecule has 13 heteroatoms. The molecule has 0 unspecified atom stereocenters. The number of nitrogens with zero attached hydrogens (tertiary/aromatic N) is 3. The summed E-state index contributed by atoms with van der Waals surface area (Å²) >= 11 is 1.27. The number of nitrogens with one attached hydrogen (secondary N) is 2. The Morgan fingerprint density at radius 2 is 1.76 bits per heavy atom. The number of ether oxygens (including phenoxy) is 2. The number of thiazole rings is 1. The first-order valence-corrected chi connectivity index (χ1v) is 12.0. The lowest BCUT2D eigenvalue weighted by atomic mass is 10.1. The summed E-state index contributed by atoms with van der Waals surface area (Å²) in [5, 5.41) is 5.41. The highest BCUT2D eigenvalue weighted by Crippen LogP contribution is 2.38. The molecule has 0 saturated carbocycles. The summed E-state index contributed by atoms with van der Waals surface area (Å²) in [5.74, 6) is 0.165. The number of para-hydroxylation sites is 1. The van der Waals surface area contributed by atoms with Crippen LogP contribution in [0.15, 0.2) is 48.8 Å². The second kappa shape index (κ2) is 10.2. The van der Waals surface area contributed by atoms with Gasteiger partial charge in [-0.3, -0.25) is 10.1 Å². The smallest absolute Gasteiger partial charge is 0.416 e. The number of anilines is 2. The Balaban J connectivity index is 1.69. The molecule has 38 heavy (non-hydrogen) atoms. The normalized spacial score (nSPS) is 11.8. The van der Waals surface area contributed by atoms with E-state index in [1.54, 1.807) is 32.9 Å². The monoisotopic (exact) mass is 545 g/mol. The zero-order valence-corrected chi connectivity index (χ0v) is 21.5. The van der Waals surface area contributed by atoms with Crippen LogP contribution in [0.3, 0.4) is 0 Å². The lowest BCUT2D eigenvalue weighted by molar-refractivity contribution is -0.137. The fourth-order valence-electron chi connectivity index (χ4n) is 3.33. The van der Waals surface area contributed by atoms with Crippen molar-refractivity contribution < 1.29 is 32.2 Å². The molecule has 2 aromatic heterocycles. The number of alkyl halides is 3. The van der Waals surface area contributed by atoms with Gasteiger partial charge in [0, 0.05) is 18.6 Å². The molecule has 0 bridgehead atoms. The van der Waals surface area contributed by atoms with E-state index in [0.29, 0.717) is 16.4 Å². The van der Waals surface area contributed by atoms with Crippen molar-refractivity contribution >= 4 is 44.4 Å². The molecule has 0 atom stereocenters. The zero-order chi connectivity index (χ0) is 27.7. The fraction of sp³-hybridized carbons (Fsp3) is 0.240. The van der Waals surface area contributed by atoms with Crippen molar-refractivity contribution in [2.24, 2.45) is 0 Å². The standard InChI is InChI=1S/C25H22F3N5O4S/c1-13(34)31-22-33-21-18(6-5-7-19(21)38-22)36-20-11-16(29-12-30-20)15-9-8-14(25(26,27)28)10-17(15)32-23(35)37-24(2,3)4/h5-12H,1-4H3,(H,32,35)(H,31,33,34). The fourth-order valence-corrected chi connectivity index (χ4v) is 4.26. The van der Waals surface area contributed by atoms with Gasteiger partial charge < -0.3 is 14.8 Å². The van der Waals surface area contributed by atoms with Gasteiger partial charge in [-0.2, -0.15) is 13.2 Å². The van der Waals surface area contributed by atoms with Crippen LogP contribution in [0.2, 0.25) is 0 Å². The van der Waals surface area contributed by atoms with E-state index in [1.165, 1.54) is 36.7 Å². The molecular weight excluding hydrogens is 523 g/mol. The molecule has 4 rings (SSSR count). The Labute approximate surface area is 219 Å². The first-order valence-electron chi connectivity index (χ1n) is 11.2. The summed E-state index contributed by atoms with van der Waals surface area (Å²) in [6.07, 6.45) is -4.37. The van der Waals surface area contributed by atoms with E-state index in [4.69, 9.17) is 9.47 Å². The van der Waals surface area contributed by atoms with Gasteiger partial charge >= 0.3 is 12.3 Å². The first-order chi connectivity index (χ1) is 17.8. The van der Waals surface area contributed by atoms with Crippen molar-refractivity contribution in [1.29, 1.82) is 0 Å². The van der Waals surface area contributed by atoms with Crippen LogP contribution < -0.4 is 15.4 Å². The van der Waals surface area contributed by atoms with E-state index in [-0.39, 0.29) is 28.7 Å². The van der Waals surface area contributed by atoms with Crippen LogP contribution >= 0.6 is 11.3 Å². The van der Waals surface area contributed by atoms with Gasteiger partial charge in [-0.25, -0.2) is 19.7 Å². The molecule has 2 aromatic carbocycles. The quantitative estimate of drug-likeness (QED) is 0.281. The van der Waals surface area contributed by atoms with Crippen molar-refractivity contribution in [2.45, 2.75) is 39.5 Å². The van der Waals surface area contributed by atoms with Gasteiger partial charge in [0.1, 0.15) is 17.4 Å². The van der Waals surface area contributed by atoms with Crippen LogP contribution in [0.4, 0.5) is 28.8 Å². The minimum atomic E-state index is -4.63. The number of carbonyl (C=O) groups is 2. The van der Waals surface area contributed by atoms with Crippen LogP contribution in [-0.4, -0.2) is 32.6 Å². The molecule has 0 saturated heterocycles. The molecule has 0 aliphatic heterocycles. The molecule has 9 nitrogen and oxygen atoms in total. The van der Waals surface area contributed by atoms with Crippen molar-refractivity contribution in [3.8, 4) is 22.9 Å².